The molecule has 4 aliphatic rings. The molecule has 8 nitrogen and oxygen atoms in total. The summed E-state index contributed by atoms with van der Waals surface area (Å²) in [6.07, 6.45) is 8.07. The fourth-order valence-electron chi connectivity index (χ4n) is 7.68. The first kappa shape index (κ1) is 39.2. The van der Waals surface area contributed by atoms with Gasteiger partial charge in [-0.3, -0.25) is 9.69 Å². The number of carbonyl (C=O) groups is 1. The van der Waals surface area contributed by atoms with Gasteiger partial charge in [-0.1, -0.05) is 58.2 Å². The Morgan fingerprint density at radius 1 is 1.02 bits per heavy atom. The van der Waals surface area contributed by atoms with Crippen molar-refractivity contribution in [1.29, 1.82) is 0 Å². The Labute approximate surface area is 311 Å². The number of carbonyl (C=O) groups excluding carboxylic acids is 1. The minimum absolute atomic E-state index is 0.145. The van der Waals surface area contributed by atoms with Gasteiger partial charge >= 0.3 is 0 Å². The molecule has 0 bridgehead atoms. The third kappa shape index (κ3) is 10.1. The quantitative estimate of drug-likeness (QED) is 0.206. The first-order valence-electron chi connectivity index (χ1n) is 18.9. The molecule has 3 heterocycles. The van der Waals surface area contributed by atoms with Crippen molar-refractivity contribution in [2.45, 2.75) is 102 Å². The van der Waals surface area contributed by atoms with E-state index in [-0.39, 0.29) is 12.2 Å². The molecule has 278 valence electrons. The monoisotopic (exact) mass is 729 g/mol. The Kier molecular flexibility index (Phi) is 14.6. The molecule has 1 aliphatic carbocycles. The summed E-state index contributed by atoms with van der Waals surface area (Å²) in [5, 5.41) is 1.33. The number of anilines is 1. The number of ether oxygens (including phenoxy) is 4. The molecule has 2 saturated heterocycles. The number of thiol groups is 1. The van der Waals surface area contributed by atoms with Crippen LogP contribution in [0.1, 0.15) is 93.6 Å². The fourth-order valence-corrected chi connectivity index (χ4v) is 8.02. The zero-order valence-electron chi connectivity index (χ0n) is 30.8. The zero-order chi connectivity index (χ0) is 35.8. The van der Waals surface area contributed by atoms with Crippen molar-refractivity contribution in [2.24, 2.45) is 23.5 Å². The van der Waals surface area contributed by atoms with E-state index in [9.17, 15) is 4.79 Å². The van der Waals surface area contributed by atoms with Gasteiger partial charge in [0.05, 0.1) is 37.7 Å². The maximum Gasteiger partial charge on any atom is 0.248 e. The number of nitrogens with two attached hydrogens (primary N) is 1. The van der Waals surface area contributed by atoms with Crippen LogP contribution in [0, 0.1) is 17.8 Å². The molecular formula is C40H60ClN3O5S. The standard InChI is InChI=1S/C33H44ClN3O5.C7H16S/c1-3-4-22-11-26(34)8-9-29(22)25-15-37(30-12-23(33(35)38)7-10-31(30)40-18-25)14-24-6-5-21(24)13-32-41-19-27(20-42-32)36-16-28(17-36)39-2;1-4-5-6(2)7(3)8/h7-12,21,24-25,27-28,32H,3-6,13-20H2,1-2H3,(H2,35,38);6-8H,4-5H2,1-3H3. The van der Waals surface area contributed by atoms with Gasteiger partial charge in [-0.15, -0.1) is 0 Å². The number of rotatable bonds is 13. The summed E-state index contributed by atoms with van der Waals surface area (Å²) in [6.45, 7) is 14.4. The molecular weight excluding hydrogens is 670 g/mol. The van der Waals surface area contributed by atoms with Crippen molar-refractivity contribution >= 4 is 35.8 Å². The van der Waals surface area contributed by atoms with Crippen molar-refractivity contribution < 1.29 is 23.7 Å². The van der Waals surface area contributed by atoms with Crippen LogP contribution in [0.25, 0.3) is 0 Å². The highest BCUT2D eigenvalue weighted by Crippen LogP contribution is 2.43. The van der Waals surface area contributed by atoms with Gasteiger partial charge in [-0.05, 0) is 84.9 Å². The molecule has 2 aromatic rings. The lowest BCUT2D eigenvalue weighted by atomic mass is 9.71. The second kappa shape index (κ2) is 18.7. The van der Waals surface area contributed by atoms with E-state index < -0.39 is 5.91 Å². The number of hydrogen-bond acceptors (Lipinski definition) is 8. The van der Waals surface area contributed by atoms with Crippen LogP contribution in [-0.4, -0.2) is 87.6 Å². The number of benzene rings is 2. The van der Waals surface area contributed by atoms with E-state index in [4.69, 9.17) is 36.3 Å². The van der Waals surface area contributed by atoms with E-state index in [1.54, 1.807) is 13.2 Å². The number of aryl methyl sites for hydroxylation is 1. The summed E-state index contributed by atoms with van der Waals surface area (Å²) >= 11 is 10.7. The van der Waals surface area contributed by atoms with Gasteiger partial charge < -0.3 is 29.6 Å². The number of methoxy groups -OCH3 is 1. The molecule has 3 fully saturated rings. The summed E-state index contributed by atoms with van der Waals surface area (Å²) in [7, 11) is 1.77. The number of hydrogen-bond donors (Lipinski definition) is 2. The van der Waals surface area contributed by atoms with E-state index in [2.05, 4.69) is 62.3 Å². The average Bonchev–Trinajstić information content (AvgIpc) is 3.25. The smallest absolute Gasteiger partial charge is 0.248 e. The molecule has 0 aromatic heterocycles. The predicted molar refractivity (Wildman–Crippen MR) is 206 cm³/mol. The normalized spacial score (nSPS) is 26.6. The molecule has 5 unspecified atom stereocenters. The predicted octanol–water partition coefficient (Wildman–Crippen LogP) is 7.60. The fraction of sp³-hybridized carbons (Fsp3) is 0.675. The van der Waals surface area contributed by atoms with Gasteiger partial charge in [-0.25, -0.2) is 0 Å². The van der Waals surface area contributed by atoms with Gasteiger partial charge in [0, 0.05) is 61.5 Å². The average molecular weight is 730 g/mol. The largest absolute Gasteiger partial charge is 0.491 e. The number of likely N-dealkylation sites (tertiary alicyclic amines) is 1. The molecule has 0 spiro atoms. The molecule has 10 heteroatoms. The maximum atomic E-state index is 12.1. The van der Waals surface area contributed by atoms with E-state index >= 15 is 0 Å². The lowest BCUT2D eigenvalue weighted by molar-refractivity contribution is -0.227. The summed E-state index contributed by atoms with van der Waals surface area (Å²) < 4.78 is 24.2. The molecule has 2 N–H and O–H groups in total. The highest BCUT2D eigenvalue weighted by molar-refractivity contribution is 7.80. The van der Waals surface area contributed by atoms with Crippen LogP contribution in [0.5, 0.6) is 5.75 Å². The summed E-state index contributed by atoms with van der Waals surface area (Å²) in [5.74, 6) is 2.37. The van der Waals surface area contributed by atoms with Crippen LogP contribution >= 0.6 is 24.2 Å². The van der Waals surface area contributed by atoms with E-state index in [1.807, 2.05) is 18.2 Å². The Morgan fingerprint density at radius 3 is 2.36 bits per heavy atom. The summed E-state index contributed by atoms with van der Waals surface area (Å²) in [4.78, 5) is 16.9. The van der Waals surface area contributed by atoms with Crippen LogP contribution in [-0.2, 0) is 20.6 Å². The summed E-state index contributed by atoms with van der Waals surface area (Å²) in [6, 6.07) is 12.1. The Bertz CT molecular complexity index is 1380. The van der Waals surface area contributed by atoms with E-state index in [0.29, 0.717) is 54.6 Å². The number of nitrogens with zero attached hydrogens (tertiary/aromatic N) is 2. The highest BCUT2D eigenvalue weighted by Gasteiger charge is 2.40. The second-order valence-electron chi connectivity index (χ2n) is 15.0. The van der Waals surface area contributed by atoms with Crippen molar-refractivity contribution in [3.63, 3.8) is 0 Å². The lowest BCUT2D eigenvalue weighted by Gasteiger charge is -2.46. The topological polar surface area (TPSA) is 86.5 Å². The number of amides is 1. The molecule has 1 amide bonds. The molecule has 2 aromatic carbocycles. The molecule has 5 atom stereocenters. The number of halogens is 1. The van der Waals surface area contributed by atoms with E-state index in [1.165, 1.54) is 36.8 Å². The number of primary amides is 1. The van der Waals surface area contributed by atoms with Crippen LogP contribution in [0.2, 0.25) is 5.02 Å². The number of fused-ring (bicyclic) bond motifs is 1. The highest BCUT2D eigenvalue weighted by atomic mass is 35.5. The molecule has 50 heavy (non-hydrogen) atoms. The first-order chi connectivity index (χ1) is 24.1. The molecule has 1 saturated carbocycles. The van der Waals surface area contributed by atoms with Crippen LogP contribution < -0.4 is 15.4 Å². The third-order valence-corrected chi connectivity index (χ3v) is 12.0. The zero-order valence-corrected chi connectivity index (χ0v) is 32.5. The Morgan fingerprint density at radius 2 is 1.76 bits per heavy atom. The summed E-state index contributed by atoms with van der Waals surface area (Å²) in [5.41, 5.74) is 9.71. The third-order valence-electron chi connectivity index (χ3n) is 11.3. The van der Waals surface area contributed by atoms with Gasteiger partial charge in [0.25, 0.3) is 0 Å². The van der Waals surface area contributed by atoms with Crippen molar-refractivity contribution in [1.82, 2.24) is 4.90 Å². The molecule has 3 aliphatic heterocycles. The molecule has 6 rings (SSSR count). The minimum atomic E-state index is -0.427. The minimum Gasteiger partial charge on any atom is -0.491 e. The molecule has 0 radical (unpaired) electrons. The first-order valence-corrected chi connectivity index (χ1v) is 19.8. The second-order valence-corrected chi connectivity index (χ2v) is 16.2. The van der Waals surface area contributed by atoms with Crippen molar-refractivity contribution in [3.05, 3.63) is 58.1 Å². The van der Waals surface area contributed by atoms with E-state index in [0.717, 1.165) is 67.8 Å². The van der Waals surface area contributed by atoms with Crippen LogP contribution in [0.15, 0.2) is 36.4 Å². The van der Waals surface area contributed by atoms with Gasteiger partial charge in [0.15, 0.2) is 6.29 Å². The lowest BCUT2D eigenvalue weighted by Crippen LogP contribution is -2.60. The van der Waals surface area contributed by atoms with Crippen LogP contribution in [0.4, 0.5) is 5.69 Å². The van der Waals surface area contributed by atoms with Gasteiger partial charge in [0.1, 0.15) is 5.75 Å². The van der Waals surface area contributed by atoms with Crippen molar-refractivity contribution in [3.8, 4) is 5.75 Å². The maximum absolute atomic E-state index is 12.1. The SMILES string of the molecule is CCCC(C)C(C)S.CCCc1cc(Cl)ccc1C1COc2ccc(C(N)=O)cc2N(CC2CCC2CC2OCC(N3CC(OC)C3)CO2)C1. The van der Waals surface area contributed by atoms with Gasteiger partial charge in [-0.2, -0.15) is 12.6 Å². The Balaban J connectivity index is 0.000000544. The van der Waals surface area contributed by atoms with Crippen molar-refractivity contribution in [2.75, 3.05) is 58.0 Å². The Hall–Kier alpha value is -2.01. The van der Waals surface area contributed by atoms with Crippen LogP contribution in [0.3, 0.4) is 0 Å². The van der Waals surface area contributed by atoms with Gasteiger partial charge in [0.2, 0.25) is 5.91 Å².